The van der Waals surface area contributed by atoms with Gasteiger partial charge in [-0.1, -0.05) is 0 Å². The number of hydrogen-bond donors (Lipinski definition) is 0. The van der Waals surface area contributed by atoms with Crippen LogP contribution in [-0.2, 0) is 27.7 Å². The molecule has 0 saturated heterocycles. The molecule has 0 bridgehead atoms. The first-order valence-electron chi connectivity index (χ1n) is 14.8. The molecule has 0 saturated carbocycles. The molecule has 4 aromatic carbocycles. The Hall–Kier alpha value is -2.31. The van der Waals surface area contributed by atoms with Gasteiger partial charge in [0.05, 0.1) is 0 Å². The Balaban J connectivity index is 0.00000202. The summed E-state index contributed by atoms with van der Waals surface area (Å²) < 4.78 is 5.00. The molecule has 214 valence electrons. The smallest absolute Gasteiger partial charge is 1.00 e. The summed E-state index contributed by atoms with van der Waals surface area (Å²) >= 11 is -2.73. The van der Waals surface area contributed by atoms with E-state index in [0.29, 0.717) is 5.92 Å². The van der Waals surface area contributed by atoms with Crippen molar-refractivity contribution in [3.63, 3.8) is 0 Å². The minimum atomic E-state index is -2.73. The van der Waals surface area contributed by atoms with Crippen LogP contribution in [0.25, 0.3) is 11.1 Å². The summed E-state index contributed by atoms with van der Waals surface area (Å²) in [6.45, 7) is 13.9. The SMILES string of the molecule is CCC1C=C(C(C)(C)C)C=[C]1[Zr+2](=[C](c1ccc(C)cc1)c1ccc(C)cc1)[c]1cccc2c1Cc1ccccc1-2.[Cl-].[Cl-]. The van der Waals surface area contributed by atoms with Gasteiger partial charge in [0.15, 0.2) is 0 Å². The van der Waals surface area contributed by atoms with Crippen LogP contribution in [0.15, 0.2) is 112 Å². The normalized spacial score (nSPS) is 14.8. The molecule has 3 heteroatoms. The first kappa shape index (κ1) is 32.6. The molecule has 1 atom stereocenters. The van der Waals surface area contributed by atoms with Gasteiger partial charge in [0.2, 0.25) is 0 Å². The van der Waals surface area contributed by atoms with Gasteiger partial charge >= 0.3 is 250 Å². The Bertz CT molecular complexity index is 1630. The van der Waals surface area contributed by atoms with Crippen molar-refractivity contribution in [2.75, 3.05) is 0 Å². The molecule has 0 nitrogen and oxygen atoms in total. The predicted octanol–water partition coefficient (Wildman–Crippen LogP) is 3.29. The van der Waals surface area contributed by atoms with Gasteiger partial charge in [-0.2, -0.15) is 0 Å². The Kier molecular flexibility index (Phi) is 10.2. The molecule has 4 aromatic rings. The van der Waals surface area contributed by atoms with Crippen LogP contribution in [0.2, 0.25) is 0 Å². The molecule has 42 heavy (non-hydrogen) atoms. The van der Waals surface area contributed by atoms with Gasteiger partial charge in [0.25, 0.3) is 0 Å². The minimum Gasteiger partial charge on any atom is -1.00 e. The molecule has 0 radical (unpaired) electrons. The number of benzene rings is 4. The molecule has 0 aliphatic heterocycles. The zero-order chi connectivity index (χ0) is 28.0. The van der Waals surface area contributed by atoms with E-state index in [2.05, 4.69) is 145 Å². The fraction of sp³-hybridized carbons (Fsp3) is 0.256. The van der Waals surface area contributed by atoms with Crippen molar-refractivity contribution in [1.82, 2.24) is 0 Å². The molecule has 0 fully saturated rings. The van der Waals surface area contributed by atoms with Crippen molar-refractivity contribution >= 4 is 6.48 Å². The van der Waals surface area contributed by atoms with Crippen molar-refractivity contribution in [2.45, 2.75) is 54.4 Å². The second-order valence-electron chi connectivity index (χ2n) is 12.6. The van der Waals surface area contributed by atoms with Gasteiger partial charge in [-0.15, -0.1) is 0 Å². The zero-order valence-electron chi connectivity index (χ0n) is 25.6. The standard InChI is InChI=1S/C15H14.C13H9.C11H17.2ClH.Zr/c1-12-3-7-14(8-4-12)11-15-9-5-13(2)6-10-15;1-3-7-12-10(5-1)9-11-6-2-4-8-13(11)12;1-5-9-6-7-10(8-9)11(2,3)4;;;/h3-10H,1-2H3;1-5,7-8H,9H2;7-9H,5H2,1-4H3;2*1H;/q;;;;;+2/p-2. The van der Waals surface area contributed by atoms with Crippen LogP contribution in [-0.4, -0.2) is 3.21 Å². The van der Waals surface area contributed by atoms with Crippen molar-refractivity contribution in [2.24, 2.45) is 11.3 Å². The third-order valence-electron chi connectivity index (χ3n) is 8.74. The molecule has 0 N–H and O–H groups in total. The van der Waals surface area contributed by atoms with Gasteiger partial charge in [-0.05, 0) is 0 Å². The van der Waals surface area contributed by atoms with Crippen LogP contribution in [0, 0.1) is 25.2 Å². The Labute approximate surface area is 273 Å². The van der Waals surface area contributed by atoms with Crippen LogP contribution < -0.4 is 28.1 Å². The molecular weight excluding hydrogens is 631 g/mol. The maximum atomic E-state index is 2.65. The largest absolute Gasteiger partial charge is 1.00 e. The Morgan fingerprint density at radius 1 is 0.738 bits per heavy atom. The summed E-state index contributed by atoms with van der Waals surface area (Å²) in [6.07, 6.45) is 7.45. The van der Waals surface area contributed by atoms with Crippen LogP contribution in [0.4, 0.5) is 0 Å². The zero-order valence-corrected chi connectivity index (χ0v) is 29.5. The molecule has 2 aliphatic carbocycles. The average Bonchev–Trinajstić information content (AvgIpc) is 3.55. The first-order valence-corrected chi connectivity index (χ1v) is 18.5. The second kappa shape index (κ2) is 13.1. The van der Waals surface area contributed by atoms with E-state index in [4.69, 9.17) is 0 Å². The molecule has 2 aliphatic rings. The molecule has 0 heterocycles. The van der Waals surface area contributed by atoms with Crippen LogP contribution in [0.3, 0.4) is 0 Å². The van der Waals surface area contributed by atoms with E-state index in [1.165, 1.54) is 44.5 Å². The van der Waals surface area contributed by atoms with Gasteiger partial charge < -0.3 is 24.8 Å². The van der Waals surface area contributed by atoms with Crippen molar-refractivity contribution in [1.29, 1.82) is 0 Å². The maximum Gasteiger partial charge on any atom is -1.00 e. The average molecular weight is 671 g/mol. The third kappa shape index (κ3) is 6.17. The number of allylic oxidation sites excluding steroid dienone is 4. The molecule has 0 aromatic heterocycles. The quantitative estimate of drug-likeness (QED) is 0.270. The fourth-order valence-corrected chi connectivity index (χ4v) is 15.1. The van der Waals surface area contributed by atoms with E-state index in [-0.39, 0.29) is 30.2 Å². The number of fused-ring (bicyclic) bond motifs is 3. The second-order valence-corrected chi connectivity index (χ2v) is 18.4. The summed E-state index contributed by atoms with van der Waals surface area (Å²) in [6, 6.07) is 35.0. The van der Waals surface area contributed by atoms with Crippen molar-refractivity contribution < 1.29 is 46.1 Å². The summed E-state index contributed by atoms with van der Waals surface area (Å²) in [5.41, 5.74) is 13.0. The first-order chi connectivity index (χ1) is 19.2. The van der Waals surface area contributed by atoms with Crippen molar-refractivity contribution in [3.8, 4) is 11.1 Å². The van der Waals surface area contributed by atoms with Crippen LogP contribution in [0.1, 0.15) is 67.5 Å². The number of rotatable bonds is 5. The minimum absolute atomic E-state index is 0. The molecule has 0 spiro atoms. The summed E-state index contributed by atoms with van der Waals surface area (Å²) in [4.78, 5) is 0. The molecule has 6 rings (SSSR count). The summed E-state index contributed by atoms with van der Waals surface area (Å²) in [7, 11) is 0. The van der Waals surface area contributed by atoms with E-state index in [1.807, 2.05) is 0 Å². The van der Waals surface area contributed by atoms with E-state index >= 15 is 0 Å². The topological polar surface area (TPSA) is 0 Å². The Morgan fingerprint density at radius 2 is 1.31 bits per heavy atom. The van der Waals surface area contributed by atoms with Gasteiger partial charge in [-0.25, -0.2) is 0 Å². The summed E-state index contributed by atoms with van der Waals surface area (Å²) in [5.74, 6) is 0.508. The van der Waals surface area contributed by atoms with E-state index in [0.717, 1.165) is 12.8 Å². The fourth-order valence-electron chi connectivity index (χ4n) is 6.41. The molecule has 0 amide bonds. The number of aryl methyl sites for hydroxylation is 2. The predicted molar refractivity (Wildman–Crippen MR) is 169 cm³/mol. The van der Waals surface area contributed by atoms with Gasteiger partial charge in [0, 0.05) is 0 Å². The maximum absolute atomic E-state index is 2.73. The number of hydrogen-bond acceptors (Lipinski definition) is 0. The van der Waals surface area contributed by atoms with E-state index in [9.17, 15) is 0 Å². The van der Waals surface area contributed by atoms with Gasteiger partial charge in [0.1, 0.15) is 0 Å². The Morgan fingerprint density at radius 3 is 1.88 bits per heavy atom. The third-order valence-corrected chi connectivity index (χ3v) is 16.5. The van der Waals surface area contributed by atoms with Crippen LogP contribution >= 0.6 is 0 Å². The van der Waals surface area contributed by atoms with E-state index < -0.39 is 21.3 Å². The molecule has 1 unspecified atom stereocenters. The van der Waals surface area contributed by atoms with Crippen LogP contribution in [0.5, 0.6) is 0 Å². The molecular formula is C39H40Cl2Zr. The van der Waals surface area contributed by atoms with E-state index in [1.54, 1.807) is 15.3 Å². The van der Waals surface area contributed by atoms with Crippen molar-refractivity contribution in [3.05, 3.63) is 145 Å². The monoisotopic (exact) mass is 668 g/mol. The summed E-state index contributed by atoms with van der Waals surface area (Å²) in [5, 5.41) is 0. The van der Waals surface area contributed by atoms with Gasteiger partial charge in [-0.3, -0.25) is 0 Å². The number of halogens is 2.